The molecule has 0 aliphatic heterocycles. The number of ketones is 1. The summed E-state index contributed by atoms with van der Waals surface area (Å²) in [6, 6.07) is 2.76. The molecule has 3 rings (SSSR count). The van der Waals surface area contributed by atoms with Crippen LogP contribution in [0.2, 0.25) is 5.02 Å². The van der Waals surface area contributed by atoms with Crippen molar-refractivity contribution in [2.24, 2.45) is 5.41 Å². The molecule has 1 atom stereocenters. The Bertz CT molecular complexity index is 540. The third kappa shape index (κ3) is 2.09. The van der Waals surface area contributed by atoms with Crippen LogP contribution in [0.1, 0.15) is 32.1 Å². The molecule has 2 fully saturated rings. The smallest absolute Gasteiger partial charge is 0.146 e. The lowest BCUT2D eigenvalue weighted by Gasteiger charge is -2.44. The van der Waals surface area contributed by atoms with Gasteiger partial charge in [0.15, 0.2) is 0 Å². The number of hydrogen-bond acceptors (Lipinski definition) is 2. The Morgan fingerprint density at radius 2 is 2.05 bits per heavy atom. The van der Waals surface area contributed by atoms with Crippen molar-refractivity contribution >= 4 is 33.3 Å². The average molecular weight is 348 g/mol. The van der Waals surface area contributed by atoms with Crippen molar-refractivity contribution in [3.05, 3.63) is 27.4 Å². The first-order chi connectivity index (χ1) is 9.03. The maximum atomic E-state index is 13.5. The molecule has 0 N–H and O–H groups in total. The Hall–Kier alpha value is -0.610. The van der Waals surface area contributed by atoms with Gasteiger partial charge in [-0.15, -0.1) is 0 Å². The van der Waals surface area contributed by atoms with E-state index in [4.69, 9.17) is 16.3 Å². The number of carbonyl (C=O) groups excluding carboxylic acids is 1. The third-order valence-electron chi connectivity index (χ3n) is 4.28. The van der Waals surface area contributed by atoms with Crippen molar-refractivity contribution < 1.29 is 13.9 Å². The maximum absolute atomic E-state index is 13.5. The molecule has 1 unspecified atom stereocenters. The summed E-state index contributed by atoms with van der Waals surface area (Å²) < 4.78 is 19.6. The van der Waals surface area contributed by atoms with E-state index in [1.54, 1.807) is 0 Å². The lowest BCUT2D eigenvalue weighted by atomic mass is 9.63. The highest BCUT2D eigenvalue weighted by Gasteiger charge is 2.57. The molecule has 0 radical (unpaired) electrons. The summed E-state index contributed by atoms with van der Waals surface area (Å²) in [5.41, 5.74) is -0.327. The van der Waals surface area contributed by atoms with Gasteiger partial charge in [-0.2, -0.15) is 0 Å². The first kappa shape index (κ1) is 13.4. The molecule has 5 heteroatoms. The number of rotatable bonds is 2. The topological polar surface area (TPSA) is 26.3 Å². The van der Waals surface area contributed by atoms with Gasteiger partial charge in [-0.1, -0.05) is 24.4 Å². The van der Waals surface area contributed by atoms with Crippen LogP contribution in [0.5, 0.6) is 5.75 Å². The first-order valence-corrected chi connectivity index (χ1v) is 7.54. The highest BCUT2D eigenvalue weighted by Crippen LogP contribution is 2.52. The maximum Gasteiger partial charge on any atom is 0.146 e. The minimum Gasteiger partial charge on any atom is -0.487 e. The Morgan fingerprint density at radius 3 is 2.68 bits per heavy atom. The average Bonchev–Trinajstić information content (AvgIpc) is 2.87. The summed E-state index contributed by atoms with van der Waals surface area (Å²) >= 11 is 9.13. The fourth-order valence-electron chi connectivity index (χ4n) is 3.12. The highest BCUT2D eigenvalue weighted by atomic mass is 79.9. The zero-order valence-corrected chi connectivity index (χ0v) is 12.6. The fraction of sp³-hybridized carbons (Fsp3) is 0.500. The molecular weight excluding hydrogens is 335 g/mol. The summed E-state index contributed by atoms with van der Waals surface area (Å²) in [6.07, 6.45) is 4.15. The van der Waals surface area contributed by atoms with Crippen LogP contribution in [0.3, 0.4) is 0 Å². The molecule has 0 amide bonds. The van der Waals surface area contributed by atoms with Crippen molar-refractivity contribution in [2.45, 2.75) is 38.2 Å². The molecule has 0 bridgehead atoms. The molecule has 0 saturated heterocycles. The summed E-state index contributed by atoms with van der Waals surface area (Å²) in [5, 5.41) is 0.362. The normalized spacial score (nSPS) is 24.6. The van der Waals surface area contributed by atoms with Crippen LogP contribution in [-0.4, -0.2) is 11.9 Å². The van der Waals surface area contributed by atoms with Gasteiger partial charge in [0, 0.05) is 12.5 Å². The van der Waals surface area contributed by atoms with Gasteiger partial charge < -0.3 is 4.74 Å². The van der Waals surface area contributed by atoms with Gasteiger partial charge in [-0.3, -0.25) is 4.79 Å². The van der Waals surface area contributed by atoms with Gasteiger partial charge in [-0.25, -0.2) is 4.39 Å². The number of hydrogen-bond donors (Lipinski definition) is 0. The van der Waals surface area contributed by atoms with E-state index in [0.717, 1.165) is 25.7 Å². The van der Waals surface area contributed by atoms with Crippen molar-refractivity contribution in [2.75, 3.05) is 0 Å². The van der Waals surface area contributed by atoms with Crippen molar-refractivity contribution in [1.29, 1.82) is 0 Å². The van der Waals surface area contributed by atoms with E-state index in [2.05, 4.69) is 15.9 Å². The van der Waals surface area contributed by atoms with Crippen molar-refractivity contribution in [3.63, 3.8) is 0 Å². The Morgan fingerprint density at radius 1 is 1.37 bits per heavy atom. The van der Waals surface area contributed by atoms with E-state index in [1.807, 2.05) is 0 Å². The summed E-state index contributed by atoms with van der Waals surface area (Å²) in [7, 11) is 0. The van der Waals surface area contributed by atoms with Crippen LogP contribution in [-0.2, 0) is 4.79 Å². The summed E-state index contributed by atoms with van der Waals surface area (Å²) in [4.78, 5) is 11.9. The number of benzene rings is 1. The van der Waals surface area contributed by atoms with Gasteiger partial charge in [-0.05, 0) is 34.8 Å². The van der Waals surface area contributed by atoms with E-state index in [-0.39, 0.29) is 17.3 Å². The predicted molar refractivity (Wildman–Crippen MR) is 74.1 cm³/mol. The second-order valence-corrected chi connectivity index (χ2v) is 6.56. The summed E-state index contributed by atoms with van der Waals surface area (Å²) in [5.74, 6) is 0.195. The van der Waals surface area contributed by atoms with Gasteiger partial charge in [0.05, 0.1) is 14.9 Å². The summed E-state index contributed by atoms with van der Waals surface area (Å²) in [6.45, 7) is 0. The van der Waals surface area contributed by atoms with E-state index >= 15 is 0 Å². The highest BCUT2D eigenvalue weighted by molar-refractivity contribution is 9.10. The fourth-order valence-corrected chi connectivity index (χ4v) is 3.81. The van der Waals surface area contributed by atoms with Crippen LogP contribution in [0.4, 0.5) is 4.39 Å². The quantitative estimate of drug-likeness (QED) is 0.735. The van der Waals surface area contributed by atoms with Crippen LogP contribution in [0.15, 0.2) is 16.6 Å². The van der Waals surface area contributed by atoms with Crippen LogP contribution in [0.25, 0.3) is 0 Å². The number of Topliss-reactive ketones (excluding diaryl/α,β-unsaturated/α-hetero) is 1. The van der Waals surface area contributed by atoms with Crippen molar-refractivity contribution in [1.82, 2.24) is 0 Å². The first-order valence-electron chi connectivity index (χ1n) is 6.37. The van der Waals surface area contributed by atoms with Gasteiger partial charge in [0.1, 0.15) is 23.5 Å². The molecule has 2 saturated carbocycles. The Labute approximate surface area is 124 Å². The zero-order chi connectivity index (χ0) is 13.6. The lowest BCUT2D eigenvalue weighted by Crippen LogP contribution is -2.55. The van der Waals surface area contributed by atoms with E-state index in [9.17, 15) is 9.18 Å². The Balaban J connectivity index is 1.83. The molecule has 1 aromatic rings. The van der Waals surface area contributed by atoms with Crippen LogP contribution in [0, 0.1) is 11.2 Å². The SMILES string of the molecule is O=C1CC(Oc2cc(F)c(Br)cc2Cl)C12CCCC2. The molecule has 0 heterocycles. The van der Waals surface area contributed by atoms with Crippen molar-refractivity contribution in [3.8, 4) is 5.75 Å². The minimum atomic E-state index is -0.412. The molecule has 0 aromatic heterocycles. The van der Waals surface area contributed by atoms with E-state index in [1.165, 1.54) is 12.1 Å². The minimum absolute atomic E-state index is 0.152. The third-order valence-corrected chi connectivity index (χ3v) is 5.19. The molecule has 2 aliphatic carbocycles. The molecular formula is C14H13BrClFO2. The molecule has 2 nitrogen and oxygen atoms in total. The standard InChI is InChI=1S/C14H13BrClFO2/c15-8-5-9(16)11(6-10(8)17)19-13-7-12(18)14(13)3-1-2-4-14/h5-6,13H,1-4,7H2. The van der Waals surface area contributed by atoms with Gasteiger partial charge in [0.2, 0.25) is 0 Å². The van der Waals surface area contributed by atoms with Gasteiger partial charge >= 0.3 is 0 Å². The lowest BCUT2D eigenvalue weighted by molar-refractivity contribution is -0.151. The van der Waals surface area contributed by atoms with Gasteiger partial charge in [0.25, 0.3) is 0 Å². The largest absolute Gasteiger partial charge is 0.487 e. The molecule has 102 valence electrons. The number of carbonyl (C=O) groups is 1. The molecule has 1 spiro atoms. The Kier molecular flexibility index (Phi) is 3.34. The van der Waals surface area contributed by atoms with E-state index < -0.39 is 5.82 Å². The van der Waals surface area contributed by atoms with E-state index in [0.29, 0.717) is 21.7 Å². The molecule has 1 aromatic carbocycles. The van der Waals surface area contributed by atoms with Crippen LogP contribution < -0.4 is 4.74 Å². The number of halogens is 3. The monoisotopic (exact) mass is 346 g/mol. The second kappa shape index (κ2) is 4.74. The van der Waals surface area contributed by atoms with Crippen LogP contribution >= 0.6 is 27.5 Å². The second-order valence-electron chi connectivity index (χ2n) is 5.29. The molecule has 2 aliphatic rings. The zero-order valence-electron chi connectivity index (χ0n) is 10.2. The number of ether oxygens (including phenoxy) is 1. The predicted octanol–water partition coefficient (Wildman–Crippen LogP) is 4.52. The molecule has 19 heavy (non-hydrogen) atoms.